The number of rotatable bonds is 2. The molecule has 0 spiro atoms. The highest BCUT2D eigenvalue weighted by molar-refractivity contribution is 9.10. The van der Waals surface area contributed by atoms with E-state index in [1.54, 1.807) is 12.1 Å². The van der Waals surface area contributed by atoms with Crippen molar-refractivity contribution in [2.45, 2.75) is 5.38 Å². The Morgan fingerprint density at radius 2 is 2.07 bits per heavy atom. The van der Waals surface area contributed by atoms with Gasteiger partial charge in [0.05, 0.1) is 5.38 Å². The number of hydrogen-bond acceptors (Lipinski definition) is 1. The van der Waals surface area contributed by atoms with E-state index in [1.807, 2.05) is 17.5 Å². The Morgan fingerprint density at radius 3 is 2.67 bits per heavy atom. The Hall–Kier alpha value is -0.380. The molecule has 78 valence electrons. The fraction of sp³-hybridized carbons (Fsp3) is 0.0909. The number of alkyl halides is 1. The molecule has 0 bridgehead atoms. The third-order valence-electron chi connectivity index (χ3n) is 2.05. The second-order valence-corrected chi connectivity index (χ2v) is 5.28. The third-order valence-corrected chi connectivity index (χ3v) is 4.26. The molecule has 0 aliphatic rings. The topological polar surface area (TPSA) is 0 Å². The Morgan fingerprint density at radius 1 is 1.27 bits per heavy atom. The minimum absolute atomic E-state index is 0.280. The number of hydrogen-bond donors (Lipinski definition) is 0. The second kappa shape index (κ2) is 4.64. The summed E-state index contributed by atoms with van der Waals surface area (Å²) in [5.74, 6) is -0.280. The Kier molecular flexibility index (Phi) is 3.44. The van der Waals surface area contributed by atoms with Crippen molar-refractivity contribution in [3.05, 3.63) is 56.4 Å². The van der Waals surface area contributed by atoms with Gasteiger partial charge in [-0.25, -0.2) is 4.39 Å². The van der Waals surface area contributed by atoms with Crippen LogP contribution in [-0.2, 0) is 0 Å². The summed E-state index contributed by atoms with van der Waals surface area (Å²) in [5, 5.41) is 1.50. The molecule has 0 saturated heterocycles. The number of benzene rings is 1. The number of thiophene rings is 1. The molecule has 0 radical (unpaired) electrons. The lowest BCUT2D eigenvalue weighted by Gasteiger charge is -2.10. The molecule has 0 aliphatic heterocycles. The van der Waals surface area contributed by atoms with Crippen LogP contribution < -0.4 is 0 Å². The molecule has 15 heavy (non-hydrogen) atoms. The van der Waals surface area contributed by atoms with E-state index in [9.17, 15) is 4.39 Å². The molecule has 1 unspecified atom stereocenters. The van der Waals surface area contributed by atoms with Crippen molar-refractivity contribution >= 4 is 38.9 Å². The zero-order chi connectivity index (χ0) is 10.8. The third kappa shape index (κ3) is 2.25. The van der Waals surface area contributed by atoms with Gasteiger partial charge in [-0.1, -0.05) is 28.1 Å². The maximum atomic E-state index is 13.6. The van der Waals surface area contributed by atoms with Crippen LogP contribution in [0.5, 0.6) is 0 Å². The predicted molar refractivity (Wildman–Crippen MR) is 66.1 cm³/mol. The fourth-order valence-electron chi connectivity index (χ4n) is 1.33. The standard InChI is InChI=1S/C11H7BrClFS/c12-7-3-1-4-8(14)10(7)11(13)9-5-2-6-15-9/h1-6,11H. The van der Waals surface area contributed by atoms with Crippen molar-refractivity contribution in [3.63, 3.8) is 0 Å². The SMILES string of the molecule is Fc1cccc(Br)c1C(Cl)c1cccs1. The molecule has 4 heteroatoms. The van der Waals surface area contributed by atoms with Crippen molar-refractivity contribution in [1.29, 1.82) is 0 Å². The second-order valence-electron chi connectivity index (χ2n) is 3.01. The predicted octanol–water partition coefficient (Wildman–Crippen LogP) is 4.98. The molecule has 1 heterocycles. The molecular formula is C11H7BrClFS. The summed E-state index contributed by atoms with van der Waals surface area (Å²) in [6.45, 7) is 0. The summed E-state index contributed by atoms with van der Waals surface area (Å²) in [5.41, 5.74) is 0.501. The van der Waals surface area contributed by atoms with Gasteiger partial charge in [0.15, 0.2) is 0 Å². The van der Waals surface area contributed by atoms with Crippen molar-refractivity contribution in [1.82, 2.24) is 0 Å². The summed E-state index contributed by atoms with van der Waals surface area (Å²) in [4.78, 5) is 0.947. The van der Waals surface area contributed by atoms with Gasteiger partial charge in [0, 0.05) is 14.9 Å². The molecule has 1 aromatic heterocycles. The average Bonchev–Trinajstić information content (AvgIpc) is 2.69. The van der Waals surface area contributed by atoms with E-state index < -0.39 is 5.38 Å². The molecule has 0 fully saturated rings. The van der Waals surface area contributed by atoms with Crippen LogP contribution in [0.1, 0.15) is 15.8 Å². The highest BCUT2D eigenvalue weighted by Gasteiger charge is 2.18. The van der Waals surface area contributed by atoms with E-state index in [4.69, 9.17) is 11.6 Å². The Labute approximate surface area is 105 Å². The molecule has 2 rings (SSSR count). The number of halogens is 3. The highest BCUT2D eigenvalue weighted by atomic mass is 79.9. The van der Waals surface area contributed by atoms with Gasteiger partial charge >= 0.3 is 0 Å². The molecule has 1 atom stereocenters. The maximum absolute atomic E-state index is 13.6. The molecule has 0 N–H and O–H groups in total. The zero-order valence-corrected chi connectivity index (χ0v) is 10.7. The first-order chi connectivity index (χ1) is 7.20. The monoisotopic (exact) mass is 304 g/mol. The van der Waals surface area contributed by atoms with E-state index in [2.05, 4.69) is 15.9 Å². The minimum atomic E-state index is -0.430. The fourth-order valence-corrected chi connectivity index (χ4v) is 3.19. The van der Waals surface area contributed by atoms with Crippen LogP contribution in [0.2, 0.25) is 0 Å². The van der Waals surface area contributed by atoms with Crippen LogP contribution in [0.4, 0.5) is 4.39 Å². The van der Waals surface area contributed by atoms with Gasteiger partial charge in [0.1, 0.15) is 5.82 Å². The van der Waals surface area contributed by atoms with Gasteiger partial charge in [-0.15, -0.1) is 22.9 Å². The lowest BCUT2D eigenvalue weighted by molar-refractivity contribution is 0.611. The molecule has 1 aromatic carbocycles. The minimum Gasteiger partial charge on any atom is -0.207 e. The first-order valence-electron chi connectivity index (χ1n) is 4.31. The molecule has 0 saturated carbocycles. The van der Waals surface area contributed by atoms with E-state index in [1.165, 1.54) is 17.4 Å². The maximum Gasteiger partial charge on any atom is 0.129 e. The summed E-state index contributed by atoms with van der Waals surface area (Å²) in [7, 11) is 0. The lowest BCUT2D eigenvalue weighted by Crippen LogP contribution is -1.96. The molecule has 0 aliphatic carbocycles. The largest absolute Gasteiger partial charge is 0.207 e. The average molecular weight is 306 g/mol. The summed E-state index contributed by atoms with van der Waals surface area (Å²) in [6.07, 6.45) is 0. The molecule has 0 nitrogen and oxygen atoms in total. The summed E-state index contributed by atoms with van der Waals surface area (Å²) >= 11 is 11.1. The zero-order valence-electron chi connectivity index (χ0n) is 7.58. The van der Waals surface area contributed by atoms with Crippen LogP contribution in [0.3, 0.4) is 0 Å². The smallest absolute Gasteiger partial charge is 0.129 e. The van der Waals surface area contributed by atoms with Gasteiger partial charge in [0.2, 0.25) is 0 Å². The first-order valence-corrected chi connectivity index (χ1v) is 6.42. The van der Waals surface area contributed by atoms with Gasteiger partial charge < -0.3 is 0 Å². The highest BCUT2D eigenvalue weighted by Crippen LogP contribution is 2.37. The van der Waals surface area contributed by atoms with E-state index in [0.717, 1.165) is 4.88 Å². The quantitative estimate of drug-likeness (QED) is 0.687. The molecular weight excluding hydrogens is 299 g/mol. The van der Waals surface area contributed by atoms with Gasteiger partial charge in [-0.05, 0) is 23.6 Å². The van der Waals surface area contributed by atoms with Crippen LogP contribution >= 0.6 is 38.9 Å². The van der Waals surface area contributed by atoms with Crippen LogP contribution in [0.15, 0.2) is 40.2 Å². The van der Waals surface area contributed by atoms with Gasteiger partial charge in [-0.3, -0.25) is 0 Å². The van der Waals surface area contributed by atoms with Crippen LogP contribution in [-0.4, -0.2) is 0 Å². The van der Waals surface area contributed by atoms with E-state index in [0.29, 0.717) is 10.0 Å². The first kappa shape index (κ1) is 11.1. The van der Waals surface area contributed by atoms with Gasteiger partial charge in [0.25, 0.3) is 0 Å². The summed E-state index contributed by atoms with van der Waals surface area (Å²) in [6, 6.07) is 8.68. The van der Waals surface area contributed by atoms with E-state index in [-0.39, 0.29) is 5.82 Å². The molecule has 2 aromatic rings. The van der Waals surface area contributed by atoms with Crippen molar-refractivity contribution in [2.24, 2.45) is 0 Å². The van der Waals surface area contributed by atoms with Gasteiger partial charge in [-0.2, -0.15) is 0 Å². The Bertz CT molecular complexity index is 435. The van der Waals surface area contributed by atoms with Crippen LogP contribution in [0.25, 0.3) is 0 Å². The van der Waals surface area contributed by atoms with Crippen molar-refractivity contribution in [2.75, 3.05) is 0 Å². The Balaban J connectivity index is 2.46. The van der Waals surface area contributed by atoms with E-state index >= 15 is 0 Å². The normalized spacial score (nSPS) is 12.7. The van der Waals surface area contributed by atoms with Crippen LogP contribution in [0, 0.1) is 5.82 Å². The van der Waals surface area contributed by atoms with Crippen molar-refractivity contribution < 1.29 is 4.39 Å². The lowest BCUT2D eigenvalue weighted by atomic mass is 10.1. The molecule has 0 amide bonds. The summed E-state index contributed by atoms with van der Waals surface area (Å²) < 4.78 is 14.3. The van der Waals surface area contributed by atoms with Crippen molar-refractivity contribution in [3.8, 4) is 0 Å².